The molecule has 3 N–H and O–H groups in total. The summed E-state index contributed by atoms with van der Waals surface area (Å²) in [7, 11) is 6.53. The Morgan fingerprint density at radius 1 is 0.897 bits per heavy atom. The van der Waals surface area contributed by atoms with E-state index in [1.807, 2.05) is 83.9 Å². The first-order valence-electron chi connectivity index (χ1n) is 25.2. The molecule has 0 unspecified atom stereocenters. The largest absolute Gasteiger partial charge is 0.379 e. The third kappa shape index (κ3) is 16.5. The molecule has 3 rings (SSSR count). The van der Waals surface area contributed by atoms with E-state index in [2.05, 4.69) is 22.4 Å². The highest BCUT2D eigenvalue weighted by Gasteiger charge is 2.43. The second kappa shape index (κ2) is 29.2. The predicted octanol–water partition coefficient (Wildman–Crippen LogP) is 7.33. The number of ketones is 2. The first-order valence-corrected chi connectivity index (χ1v) is 26.0. The molecule has 4 amide bonds. The Hall–Kier alpha value is -4.05. The molecule has 0 radical (unpaired) electrons. The second-order valence-corrected chi connectivity index (χ2v) is 20.9. The highest BCUT2D eigenvalue weighted by Crippen LogP contribution is 2.34. The fourth-order valence-electron chi connectivity index (χ4n) is 10.1. The zero-order chi connectivity index (χ0) is 50.7. The molecule has 0 bridgehead atoms. The Labute approximate surface area is 412 Å². The van der Waals surface area contributed by atoms with Gasteiger partial charge in [0.15, 0.2) is 5.78 Å². The van der Waals surface area contributed by atoms with Gasteiger partial charge in [0, 0.05) is 95.9 Å². The number of unbranched alkanes of at least 4 members (excludes halogenated alkanes) is 1. The lowest BCUT2D eigenvalue weighted by Crippen LogP contribution is -2.54. The summed E-state index contributed by atoms with van der Waals surface area (Å²) in [6.45, 7) is 16.7. The van der Waals surface area contributed by atoms with Crippen molar-refractivity contribution < 1.29 is 38.2 Å². The molecule has 2 heterocycles. The van der Waals surface area contributed by atoms with Gasteiger partial charge in [-0.05, 0) is 62.0 Å². The van der Waals surface area contributed by atoms with Crippen LogP contribution in [-0.4, -0.2) is 133 Å². The molecule has 0 aliphatic carbocycles. The van der Waals surface area contributed by atoms with Crippen LogP contribution in [0.2, 0.25) is 0 Å². The first-order chi connectivity index (χ1) is 32.3. The van der Waals surface area contributed by atoms with Gasteiger partial charge in [-0.1, -0.05) is 98.6 Å². The van der Waals surface area contributed by atoms with E-state index in [1.165, 1.54) is 4.90 Å². The molecule has 1 aliphatic rings. The Bertz CT molecular complexity index is 1860. The minimum absolute atomic E-state index is 0.0167. The van der Waals surface area contributed by atoms with Gasteiger partial charge in [0.1, 0.15) is 5.78 Å². The Kier molecular flexibility index (Phi) is 25.0. The molecule has 2 aromatic rings. The number of hydrogen-bond donors (Lipinski definition) is 2. The Morgan fingerprint density at radius 3 is 2.16 bits per heavy atom. The quantitative estimate of drug-likeness (QED) is 0.0727. The van der Waals surface area contributed by atoms with Crippen molar-refractivity contribution >= 4 is 46.5 Å². The summed E-state index contributed by atoms with van der Waals surface area (Å²) in [5.74, 6) is -2.79. The van der Waals surface area contributed by atoms with Gasteiger partial charge in [0.2, 0.25) is 23.6 Å². The lowest BCUT2D eigenvalue weighted by Gasteiger charge is -2.41. The number of methoxy groups -OCH3 is 2. The van der Waals surface area contributed by atoms with E-state index in [4.69, 9.17) is 15.2 Å². The molecule has 0 spiro atoms. The van der Waals surface area contributed by atoms with Crippen LogP contribution in [-0.2, 0) is 44.7 Å². The van der Waals surface area contributed by atoms with E-state index in [-0.39, 0.29) is 96.6 Å². The van der Waals surface area contributed by atoms with Crippen molar-refractivity contribution in [3.63, 3.8) is 0 Å². The number of benzene rings is 1. The van der Waals surface area contributed by atoms with Crippen molar-refractivity contribution in [2.24, 2.45) is 41.2 Å². The minimum atomic E-state index is -0.765. The maximum Gasteiger partial charge on any atom is 0.226 e. The van der Waals surface area contributed by atoms with Crippen molar-refractivity contribution in [3.05, 3.63) is 52.5 Å². The number of ether oxygens (including phenoxy) is 2. The van der Waals surface area contributed by atoms with Crippen LogP contribution in [0, 0.1) is 35.5 Å². The van der Waals surface area contributed by atoms with E-state index in [0.717, 1.165) is 36.3 Å². The number of nitrogens with one attached hydrogen (secondary N) is 1. The number of carbonyl (C=O) groups is 6. The van der Waals surface area contributed by atoms with Crippen molar-refractivity contribution in [2.75, 3.05) is 47.9 Å². The minimum Gasteiger partial charge on any atom is -0.379 e. The second-order valence-electron chi connectivity index (χ2n) is 20.0. The molecule has 1 saturated heterocycles. The van der Waals surface area contributed by atoms with Crippen LogP contribution >= 0.6 is 11.3 Å². The number of likely N-dealkylation sites (tertiary alicyclic amines) is 1. The van der Waals surface area contributed by atoms with Gasteiger partial charge in [0.05, 0.1) is 41.8 Å². The van der Waals surface area contributed by atoms with Crippen LogP contribution in [0.3, 0.4) is 0 Å². The lowest BCUT2D eigenvalue weighted by atomic mass is 9.83. The summed E-state index contributed by atoms with van der Waals surface area (Å²) in [5, 5.41) is 5.72. The zero-order valence-corrected chi connectivity index (χ0v) is 44.2. The number of nitrogens with zero attached hydrogens (tertiary/aromatic N) is 4. The molecule has 1 aromatic carbocycles. The highest BCUT2D eigenvalue weighted by atomic mass is 32.1. The fraction of sp³-hybridized carbons (Fsp3) is 0.717. The molecule has 68 heavy (non-hydrogen) atoms. The van der Waals surface area contributed by atoms with Crippen LogP contribution in [0.4, 0.5) is 0 Å². The van der Waals surface area contributed by atoms with Crippen molar-refractivity contribution in [2.45, 2.75) is 162 Å². The summed E-state index contributed by atoms with van der Waals surface area (Å²) in [4.78, 5) is 93.2. The molecule has 0 saturated carbocycles. The van der Waals surface area contributed by atoms with Crippen molar-refractivity contribution in [1.29, 1.82) is 0 Å². The molecule has 10 atom stereocenters. The number of hydrogen-bond acceptors (Lipinski definition) is 11. The van der Waals surface area contributed by atoms with Gasteiger partial charge in [-0.15, -0.1) is 11.3 Å². The molecule has 15 heteroatoms. The zero-order valence-electron chi connectivity index (χ0n) is 43.4. The monoisotopic (exact) mass is 967 g/mol. The topological polar surface area (TPSA) is 182 Å². The number of carbonyl (C=O) groups excluding carboxylic acids is 6. The highest BCUT2D eigenvalue weighted by molar-refractivity contribution is 7.09. The van der Waals surface area contributed by atoms with E-state index in [9.17, 15) is 28.8 Å². The molecule has 14 nitrogen and oxygen atoms in total. The van der Waals surface area contributed by atoms with E-state index in [1.54, 1.807) is 50.7 Å². The van der Waals surface area contributed by atoms with Gasteiger partial charge in [-0.2, -0.15) is 0 Å². The Morgan fingerprint density at radius 2 is 1.59 bits per heavy atom. The van der Waals surface area contributed by atoms with Crippen molar-refractivity contribution in [1.82, 2.24) is 25.0 Å². The summed E-state index contributed by atoms with van der Waals surface area (Å²) in [6, 6.07) is 8.56. The SMILES string of the molecule is CC[C@H](C)[C@@H]([C@@H](CC(=O)N1CCC[C@H]1[C@H](OC)[C@@H](C)C(=O)C[C@@H](Cc1ccccc1)c1nccs1)OC)N(C)C(=O)[C@@H](CC(=O)[C@H](C(C)C)N(C)C(=O)CCNC(=O)[C@@H](C)CCCCN)C(C)C. The summed E-state index contributed by atoms with van der Waals surface area (Å²) < 4.78 is 12.2. The van der Waals surface area contributed by atoms with Gasteiger partial charge in [-0.25, -0.2) is 4.98 Å². The first kappa shape index (κ1) is 58.3. The molecular formula is C53H86N6O8S. The number of nitrogens with two attached hydrogens (primary N) is 1. The summed E-state index contributed by atoms with van der Waals surface area (Å²) >= 11 is 1.56. The van der Waals surface area contributed by atoms with Crippen molar-refractivity contribution in [3.8, 4) is 0 Å². The van der Waals surface area contributed by atoms with Crippen LogP contribution in [0.5, 0.6) is 0 Å². The summed E-state index contributed by atoms with van der Waals surface area (Å²) in [6.07, 6.45) is 6.20. The maximum atomic E-state index is 14.7. The smallest absolute Gasteiger partial charge is 0.226 e. The van der Waals surface area contributed by atoms with Gasteiger partial charge in [-0.3, -0.25) is 28.8 Å². The molecule has 1 fully saturated rings. The lowest BCUT2D eigenvalue weighted by molar-refractivity contribution is -0.149. The molecular weight excluding hydrogens is 881 g/mol. The number of aromatic nitrogens is 1. The number of thiazole rings is 1. The van der Waals surface area contributed by atoms with E-state index < -0.39 is 36.1 Å². The third-order valence-corrected chi connectivity index (χ3v) is 15.4. The van der Waals surface area contributed by atoms with Crippen LogP contribution < -0.4 is 11.1 Å². The van der Waals surface area contributed by atoms with Gasteiger partial charge < -0.3 is 35.2 Å². The maximum absolute atomic E-state index is 14.7. The van der Waals surface area contributed by atoms with Gasteiger partial charge in [0.25, 0.3) is 0 Å². The number of rotatable bonds is 31. The molecule has 1 aromatic heterocycles. The number of amides is 4. The Balaban J connectivity index is 1.74. The van der Waals surface area contributed by atoms with Crippen LogP contribution in [0.15, 0.2) is 41.9 Å². The normalized spacial score (nSPS) is 18.0. The fourth-order valence-corrected chi connectivity index (χ4v) is 10.9. The average molecular weight is 967 g/mol. The van der Waals surface area contributed by atoms with E-state index in [0.29, 0.717) is 38.8 Å². The summed E-state index contributed by atoms with van der Waals surface area (Å²) in [5.41, 5.74) is 6.73. The molecule has 1 aliphatic heterocycles. The molecule has 382 valence electrons. The van der Waals surface area contributed by atoms with Crippen LogP contribution in [0.25, 0.3) is 0 Å². The number of likely N-dealkylation sites (N-methyl/N-ethyl adjacent to an activating group) is 2. The van der Waals surface area contributed by atoms with Crippen LogP contribution in [0.1, 0.15) is 136 Å². The standard InChI is InChI=1S/C53H86N6O8S/c1-13-36(6)49(58(10)53(65)41(34(2)3)32-44(61)48(35(4)5)57(9)46(62)24-26-55-51(64)37(7)20-17-18-25-54)45(66-11)33-47(63)59-28-19-23-42(59)50(67-12)38(8)43(60)31-40(52-56-27-29-68-52)30-39-21-15-14-16-22-39/h14-16,21-22,27,29,34-38,40-42,45,48-50H,13,17-20,23-26,28,30-33,54H2,1-12H3,(H,55,64)/t36-,37-,38-,40+,41-,42-,45+,48-,49-,50+/m0/s1. The van der Waals surface area contributed by atoms with Gasteiger partial charge >= 0.3 is 0 Å². The predicted molar refractivity (Wildman–Crippen MR) is 270 cm³/mol. The third-order valence-electron chi connectivity index (χ3n) is 14.4. The average Bonchev–Trinajstić information content (AvgIpc) is 4.04. The number of Topliss-reactive ketones (excluding diaryl/α,β-unsaturated/α-hetero) is 2. The van der Waals surface area contributed by atoms with E-state index >= 15 is 0 Å².